The molecular formula is C22H32N4O2. The standard InChI is InChI=1S/C22H32N4O2/c1-3-13-26-14-7-9-18(16-26)15-23-20(27)11-6-12-21-24-22(25-28-21)19-10-5-4-8-17(19)2/h4-5,8,10,18H,3,6-7,9,11-16H2,1-2H3,(H,23,27). The monoisotopic (exact) mass is 384 g/mol. The average molecular weight is 385 g/mol. The Morgan fingerprint density at radius 2 is 2.21 bits per heavy atom. The molecule has 1 aromatic heterocycles. The largest absolute Gasteiger partial charge is 0.356 e. The number of nitrogens with one attached hydrogen (secondary N) is 1. The van der Waals surface area contributed by atoms with Gasteiger partial charge in [0.15, 0.2) is 0 Å². The van der Waals surface area contributed by atoms with E-state index < -0.39 is 0 Å². The van der Waals surface area contributed by atoms with Gasteiger partial charge in [-0.05, 0) is 57.2 Å². The van der Waals surface area contributed by atoms with Crippen molar-refractivity contribution in [1.82, 2.24) is 20.4 Å². The molecule has 2 aromatic rings. The van der Waals surface area contributed by atoms with E-state index in [2.05, 4.69) is 27.3 Å². The summed E-state index contributed by atoms with van der Waals surface area (Å²) in [5.74, 6) is 1.91. The summed E-state index contributed by atoms with van der Waals surface area (Å²) in [6.07, 6.45) is 5.48. The fourth-order valence-electron chi connectivity index (χ4n) is 3.87. The van der Waals surface area contributed by atoms with Gasteiger partial charge in [0, 0.05) is 31.5 Å². The van der Waals surface area contributed by atoms with Crippen molar-refractivity contribution in [2.45, 2.75) is 52.4 Å². The van der Waals surface area contributed by atoms with E-state index in [0.717, 1.165) is 24.2 Å². The van der Waals surface area contributed by atoms with E-state index >= 15 is 0 Å². The number of piperidine rings is 1. The van der Waals surface area contributed by atoms with Crippen LogP contribution in [0, 0.1) is 12.8 Å². The summed E-state index contributed by atoms with van der Waals surface area (Å²) < 4.78 is 5.35. The summed E-state index contributed by atoms with van der Waals surface area (Å²) in [5, 5.41) is 7.18. The van der Waals surface area contributed by atoms with Crippen LogP contribution < -0.4 is 5.32 Å². The van der Waals surface area contributed by atoms with Crippen molar-refractivity contribution in [3.05, 3.63) is 35.7 Å². The van der Waals surface area contributed by atoms with Gasteiger partial charge in [0.2, 0.25) is 17.6 Å². The average Bonchev–Trinajstić information content (AvgIpc) is 3.16. The predicted molar refractivity (Wildman–Crippen MR) is 110 cm³/mol. The second-order valence-corrected chi connectivity index (χ2v) is 7.79. The molecule has 152 valence electrons. The zero-order valence-electron chi connectivity index (χ0n) is 17.1. The van der Waals surface area contributed by atoms with Crippen LogP contribution >= 0.6 is 0 Å². The Morgan fingerprint density at radius 1 is 1.36 bits per heavy atom. The quantitative estimate of drug-likeness (QED) is 0.715. The number of rotatable bonds is 9. The SMILES string of the molecule is CCCN1CCCC(CNC(=O)CCCc2nc(-c3ccccc3C)no2)C1. The van der Waals surface area contributed by atoms with Crippen LogP contribution in [0.4, 0.5) is 0 Å². The van der Waals surface area contributed by atoms with Crippen LogP contribution in [0.3, 0.4) is 0 Å². The molecule has 6 nitrogen and oxygen atoms in total. The van der Waals surface area contributed by atoms with Gasteiger partial charge in [-0.25, -0.2) is 0 Å². The Kier molecular flexibility index (Phi) is 7.60. The van der Waals surface area contributed by atoms with Crippen molar-refractivity contribution in [3.63, 3.8) is 0 Å². The number of benzene rings is 1. The van der Waals surface area contributed by atoms with Gasteiger partial charge >= 0.3 is 0 Å². The minimum Gasteiger partial charge on any atom is -0.356 e. The lowest BCUT2D eigenvalue weighted by atomic mass is 9.98. The first-order valence-electron chi connectivity index (χ1n) is 10.5. The molecule has 1 amide bonds. The van der Waals surface area contributed by atoms with Crippen molar-refractivity contribution in [2.75, 3.05) is 26.2 Å². The van der Waals surface area contributed by atoms with E-state index in [4.69, 9.17) is 4.52 Å². The molecule has 1 atom stereocenters. The van der Waals surface area contributed by atoms with Crippen molar-refractivity contribution < 1.29 is 9.32 Å². The molecule has 6 heteroatoms. The summed E-state index contributed by atoms with van der Waals surface area (Å²) >= 11 is 0. The second-order valence-electron chi connectivity index (χ2n) is 7.79. The van der Waals surface area contributed by atoms with Gasteiger partial charge < -0.3 is 14.7 Å². The van der Waals surface area contributed by atoms with Gasteiger partial charge in [-0.15, -0.1) is 0 Å². The Bertz CT molecular complexity index is 756. The number of aryl methyl sites for hydroxylation is 2. The summed E-state index contributed by atoms with van der Waals surface area (Å²) in [6, 6.07) is 7.98. The third-order valence-electron chi connectivity index (χ3n) is 5.38. The summed E-state index contributed by atoms with van der Waals surface area (Å²) in [7, 11) is 0. The van der Waals surface area contributed by atoms with Crippen molar-refractivity contribution >= 4 is 5.91 Å². The number of hydrogen-bond donors (Lipinski definition) is 1. The summed E-state index contributed by atoms with van der Waals surface area (Å²) in [4.78, 5) is 19.1. The number of carbonyl (C=O) groups is 1. The number of nitrogens with zero attached hydrogens (tertiary/aromatic N) is 3. The lowest BCUT2D eigenvalue weighted by Crippen LogP contribution is -2.41. The number of carbonyl (C=O) groups excluding carboxylic acids is 1. The maximum atomic E-state index is 12.2. The molecule has 1 unspecified atom stereocenters. The minimum atomic E-state index is 0.117. The second kappa shape index (κ2) is 10.4. The van der Waals surface area contributed by atoms with E-state index in [-0.39, 0.29) is 5.91 Å². The van der Waals surface area contributed by atoms with E-state index in [1.807, 2.05) is 31.2 Å². The molecule has 0 spiro atoms. The molecular weight excluding hydrogens is 352 g/mol. The Labute approximate surface area is 167 Å². The third kappa shape index (κ3) is 5.89. The molecule has 1 N–H and O–H groups in total. The number of hydrogen-bond acceptors (Lipinski definition) is 5. The molecule has 0 saturated carbocycles. The highest BCUT2D eigenvalue weighted by molar-refractivity contribution is 5.75. The lowest BCUT2D eigenvalue weighted by Gasteiger charge is -2.32. The fraction of sp³-hybridized carbons (Fsp3) is 0.591. The first kappa shape index (κ1) is 20.5. The highest BCUT2D eigenvalue weighted by Crippen LogP contribution is 2.20. The zero-order valence-corrected chi connectivity index (χ0v) is 17.1. The molecule has 1 fully saturated rings. The van der Waals surface area contributed by atoms with Gasteiger partial charge in [-0.2, -0.15) is 4.98 Å². The van der Waals surface area contributed by atoms with Gasteiger partial charge in [0.05, 0.1) is 0 Å². The van der Waals surface area contributed by atoms with Crippen LogP contribution in [0.25, 0.3) is 11.4 Å². The molecule has 0 bridgehead atoms. The predicted octanol–water partition coefficient (Wildman–Crippen LogP) is 3.61. The molecule has 2 heterocycles. The van der Waals surface area contributed by atoms with E-state index in [0.29, 0.717) is 36.9 Å². The van der Waals surface area contributed by atoms with Crippen molar-refractivity contribution in [2.24, 2.45) is 5.92 Å². The third-order valence-corrected chi connectivity index (χ3v) is 5.38. The van der Waals surface area contributed by atoms with E-state index in [1.54, 1.807) is 0 Å². The lowest BCUT2D eigenvalue weighted by molar-refractivity contribution is -0.121. The summed E-state index contributed by atoms with van der Waals surface area (Å²) in [5.41, 5.74) is 2.11. The molecule has 0 radical (unpaired) electrons. The number of aromatic nitrogens is 2. The molecule has 1 aliphatic heterocycles. The first-order chi connectivity index (χ1) is 13.7. The maximum Gasteiger partial charge on any atom is 0.226 e. The van der Waals surface area contributed by atoms with Gasteiger partial charge in [0.1, 0.15) is 0 Å². The van der Waals surface area contributed by atoms with Crippen LogP contribution in [0.5, 0.6) is 0 Å². The van der Waals surface area contributed by atoms with Gasteiger partial charge in [-0.1, -0.05) is 36.3 Å². The highest BCUT2D eigenvalue weighted by Gasteiger charge is 2.19. The minimum absolute atomic E-state index is 0.117. The first-order valence-corrected chi connectivity index (χ1v) is 10.5. The Balaban J connectivity index is 1.37. The van der Waals surface area contributed by atoms with E-state index in [1.165, 1.54) is 32.4 Å². The molecule has 1 aliphatic rings. The zero-order chi connectivity index (χ0) is 19.8. The topological polar surface area (TPSA) is 71.3 Å². The smallest absolute Gasteiger partial charge is 0.226 e. The summed E-state index contributed by atoms with van der Waals surface area (Å²) in [6.45, 7) is 8.52. The van der Waals surface area contributed by atoms with Gasteiger partial charge in [-0.3, -0.25) is 4.79 Å². The van der Waals surface area contributed by atoms with Crippen LogP contribution in [-0.4, -0.2) is 47.1 Å². The van der Waals surface area contributed by atoms with Crippen LogP contribution in [0.15, 0.2) is 28.8 Å². The van der Waals surface area contributed by atoms with Crippen LogP contribution in [0.1, 0.15) is 50.5 Å². The van der Waals surface area contributed by atoms with Crippen LogP contribution in [0.2, 0.25) is 0 Å². The van der Waals surface area contributed by atoms with E-state index in [9.17, 15) is 4.79 Å². The molecule has 0 aliphatic carbocycles. The molecule has 28 heavy (non-hydrogen) atoms. The maximum absolute atomic E-state index is 12.2. The Morgan fingerprint density at radius 3 is 3.04 bits per heavy atom. The Hall–Kier alpha value is -2.21. The fourth-order valence-corrected chi connectivity index (χ4v) is 3.87. The van der Waals surface area contributed by atoms with Crippen molar-refractivity contribution in [1.29, 1.82) is 0 Å². The van der Waals surface area contributed by atoms with Crippen molar-refractivity contribution in [3.8, 4) is 11.4 Å². The highest BCUT2D eigenvalue weighted by atomic mass is 16.5. The number of amides is 1. The molecule has 1 aromatic carbocycles. The molecule has 3 rings (SSSR count). The van der Waals surface area contributed by atoms with Gasteiger partial charge in [0.25, 0.3) is 0 Å². The normalized spacial score (nSPS) is 17.6. The van der Waals surface area contributed by atoms with Crippen LogP contribution in [-0.2, 0) is 11.2 Å². The number of likely N-dealkylation sites (tertiary alicyclic amines) is 1. The molecule has 1 saturated heterocycles.